The molecule has 0 atom stereocenters. The van der Waals surface area contributed by atoms with E-state index in [2.05, 4.69) is 383 Å². The van der Waals surface area contributed by atoms with Gasteiger partial charge in [0, 0.05) is 54.7 Å². The molecule has 18 aromatic rings. The zero-order valence-electron chi connectivity index (χ0n) is 58.1. The van der Waals surface area contributed by atoms with Crippen molar-refractivity contribution >= 4 is 88.5 Å². The Hall–Kier alpha value is -12.2. The van der Waals surface area contributed by atoms with Crippen LogP contribution >= 0.6 is 0 Å². The monoisotopic (exact) mass is 1300 g/mol. The molecule has 4 heteroatoms. The summed E-state index contributed by atoms with van der Waals surface area (Å²) in [4.78, 5) is 0. The zero-order valence-corrected chi connectivity index (χ0v) is 58.1. The van der Waals surface area contributed by atoms with Crippen molar-refractivity contribution in [3.05, 3.63) is 339 Å². The van der Waals surface area contributed by atoms with Gasteiger partial charge in [0.25, 0.3) is 6.71 Å². The van der Waals surface area contributed by atoms with Crippen molar-refractivity contribution in [3.63, 3.8) is 0 Å². The van der Waals surface area contributed by atoms with Crippen molar-refractivity contribution in [2.24, 2.45) is 0 Å². The molecule has 0 amide bonds. The van der Waals surface area contributed by atoms with Crippen LogP contribution in [-0.2, 0) is 10.8 Å². The third-order valence-electron chi connectivity index (χ3n) is 22.3. The number of benzene rings is 15. The van der Waals surface area contributed by atoms with Crippen molar-refractivity contribution in [2.75, 3.05) is 0 Å². The van der Waals surface area contributed by atoms with Gasteiger partial charge in [-0.15, -0.1) is 0 Å². The van der Waals surface area contributed by atoms with Gasteiger partial charge in [-0.25, -0.2) is 0 Å². The van der Waals surface area contributed by atoms with Gasteiger partial charge in [-0.1, -0.05) is 308 Å². The van der Waals surface area contributed by atoms with E-state index in [4.69, 9.17) is 0 Å². The third-order valence-corrected chi connectivity index (χ3v) is 22.3. The SMILES string of the molecule is CC(C)(C)c1ccc2c(c1)c1cc(-c3ccccc3-c3ccc(-c4ccccc4)cc3)cc3c1n2-c1cc(-n2c4cc(-c5ccccc5)ccc4c4ccc(-c5ccccc5)cc42)cc2c1B3c1cc(-c3ccccc3-c3ccc(-c4ccccc4)cc3)cc3c4cc(C(C)(C)C)ccc4n-2c13. The maximum atomic E-state index is 2.69. The predicted molar refractivity (Wildman–Crippen MR) is 435 cm³/mol. The van der Waals surface area contributed by atoms with Crippen LogP contribution in [0.5, 0.6) is 0 Å². The molecule has 0 aliphatic carbocycles. The van der Waals surface area contributed by atoms with Gasteiger partial charge < -0.3 is 13.7 Å². The lowest BCUT2D eigenvalue weighted by molar-refractivity contribution is 0.591. The Labute approximate surface area is 595 Å². The van der Waals surface area contributed by atoms with Crippen LogP contribution in [0, 0.1) is 0 Å². The number of hydrogen-bond acceptors (Lipinski definition) is 0. The first-order valence-corrected chi connectivity index (χ1v) is 36.0. The summed E-state index contributed by atoms with van der Waals surface area (Å²) in [7, 11) is 0. The Morgan fingerprint density at radius 3 is 0.922 bits per heavy atom. The number of fused-ring (bicyclic) bond motifs is 13. The second-order valence-electron chi connectivity index (χ2n) is 30.4. The molecule has 0 saturated heterocycles. The maximum absolute atomic E-state index is 2.69. The Morgan fingerprint density at radius 1 is 0.225 bits per heavy atom. The van der Waals surface area contributed by atoms with E-state index in [1.807, 2.05) is 0 Å². The highest BCUT2D eigenvalue weighted by Crippen LogP contribution is 2.48. The maximum Gasteiger partial charge on any atom is 0.252 e. The molecule has 0 spiro atoms. The molecule has 3 aromatic heterocycles. The highest BCUT2D eigenvalue weighted by atomic mass is 15.1. The van der Waals surface area contributed by atoms with Gasteiger partial charge >= 0.3 is 0 Å². The molecule has 2 aliphatic rings. The molecule has 3 nitrogen and oxygen atoms in total. The lowest BCUT2D eigenvalue weighted by atomic mass is 9.34. The number of nitrogens with zero attached hydrogens (tertiary/aromatic N) is 3. The summed E-state index contributed by atoms with van der Waals surface area (Å²) < 4.78 is 7.97. The minimum Gasteiger partial charge on any atom is -0.310 e. The first-order valence-electron chi connectivity index (χ1n) is 36.0. The van der Waals surface area contributed by atoms with Crippen molar-refractivity contribution in [2.45, 2.75) is 52.4 Å². The average Bonchev–Trinajstić information content (AvgIpc) is 1.45. The molecule has 0 fully saturated rings. The minimum atomic E-state index is -0.200. The fraction of sp³-hybridized carbons (Fsp3) is 0.0816. The van der Waals surface area contributed by atoms with E-state index >= 15 is 0 Å². The Kier molecular flexibility index (Phi) is 13.3. The van der Waals surface area contributed by atoms with E-state index in [1.165, 1.54) is 193 Å². The van der Waals surface area contributed by atoms with Crippen LogP contribution in [0.2, 0.25) is 0 Å². The first-order chi connectivity index (χ1) is 49.8. The van der Waals surface area contributed by atoms with Gasteiger partial charge in [-0.05, 0) is 188 Å². The fourth-order valence-electron chi connectivity index (χ4n) is 17.3. The summed E-state index contributed by atoms with van der Waals surface area (Å²) in [5, 5.41) is 7.46. The quantitative estimate of drug-likeness (QED) is 0.128. The van der Waals surface area contributed by atoms with Crippen molar-refractivity contribution < 1.29 is 0 Å². The summed E-state index contributed by atoms with van der Waals surface area (Å²) in [5.41, 5.74) is 36.2. The van der Waals surface area contributed by atoms with Gasteiger partial charge in [-0.2, -0.15) is 0 Å². The van der Waals surface area contributed by atoms with Gasteiger partial charge in [0.15, 0.2) is 0 Å². The van der Waals surface area contributed by atoms with Crippen LogP contribution in [0.1, 0.15) is 52.7 Å². The second kappa shape index (κ2) is 22.6. The summed E-state index contributed by atoms with van der Waals surface area (Å²) in [5.74, 6) is 0. The Morgan fingerprint density at radius 2 is 0.549 bits per heavy atom. The number of hydrogen-bond donors (Lipinski definition) is 0. The molecule has 5 heterocycles. The number of rotatable bonds is 9. The lowest BCUT2D eigenvalue weighted by Crippen LogP contribution is -2.59. The summed E-state index contributed by atoms with van der Waals surface area (Å²) >= 11 is 0. The Bertz CT molecular complexity index is 6070. The Balaban J connectivity index is 0.922. The molecule has 0 N–H and O–H groups in total. The largest absolute Gasteiger partial charge is 0.310 e. The normalized spacial score (nSPS) is 12.6. The molecule has 20 rings (SSSR count). The van der Waals surface area contributed by atoms with Gasteiger partial charge in [0.2, 0.25) is 0 Å². The van der Waals surface area contributed by atoms with Crippen molar-refractivity contribution in [3.8, 4) is 106 Å². The van der Waals surface area contributed by atoms with Crippen LogP contribution < -0.4 is 16.4 Å². The van der Waals surface area contributed by atoms with E-state index in [1.54, 1.807) is 0 Å². The topological polar surface area (TPSA) is 14.8 Å². The molecule has 0 unspecified atom stereocenters. The van der Waals surface area contributed by atoms with Crippen LogP contribution in [0.25, 0.3) is 171 Å². The molecule has 0 saturated carbocycles. The molecule has 15 aromatic carbocycles. The van der Waals surface area contributed by atoms with Gasteiger partial charge in [0.05, 0.1) is 27.8 Å². The molecule has 2 aliphatic heterocycles. The molecule has 0 radical (unpaired) electrons. The molecule has 482 valence electrons. The fourth-order valence-corrected chi connectivity index (χ4v) is 17.3. The van der Waals surface area contributed by atoms with E-state index in [-0.39, 0.29) is 17.5 Å². The van der Waals surface area contributed by atoms with Gasteiger partial charge in [-0.3, -0.25) is 0 Å². The molecular weight excluding hydrogens is 1230 g/mol. The molecular formula is C98H72BN3. The van der Waals surface area contributed by atoms with E-state index in [9.17, 15) is 0 Å². The van der Waals surface area contributed by atoms with Crippen LogP contribution in [0.15, 0.2) is 328 Å². The molecule has 102 heavy (non-hydrogen) atoms. The highest BCUT2D eigenvalue weighted by Gasteiger charge is 2.43. The van der Waals surface area contributed by atoms with Crippen LogP contribution in [0.4, 0.5) is 0 Å². The van der Waals surface area contributed by atoms with Gasteiger partial charge in [0.1, 0.15) is 0 Å². The molecule has 0 bridgehead atoms. The van der Waals surface area contributed by atoms with E-state index in [0.717, 1.165) is 5.69 Å². The smallest absolute Gasteiger partial charge is 0.252 e. The zero-order chi connectivity index (χ0) is 68.3. The highest BCUT2D eigenvalue weighted by molar-refractivity contribution is 7.00. The van der Waals surface area contributed by atoms with Crippen molar-refractivity contribution in [1.29, 1.82) is 0 Å². The summed E-state index contributed by atoms with van der Waals surface area (Å²) in [6, 6.07) is 124. The minimum absolute atomic E-state index is 0.108. The standard InChI is InChI=1S/C98H72BN3/c1-97(2,3)73-45-49-88-82(57-73)84-51-71(78-33-21-19-31-76(78)67-39-35-65(36-40-67)61-23-11-7-12-24-61)53-86-95(84)101(88)92-59-75(100-90-55-69(63-27-15-9-16-28-63)43-47-80(90)81-48-44-70(56-91(81)100)64-29-17-10-18-30-64)60-93-94(92)99(86)87-54-72(52-85-83-58-74(98(4,5)6)46-50-89(83)102(93)96(85)87)79-34-22-20-32-77(79)68-41-37-66(38-42-68)62-25-13-8-14-26-62/h7-60H,1-6H3. The van der Waals surface area contributed by atoms with Crippen LogP contribution in [0.3, 0.4) is 0 Å². The van der Waals surface area contributed by atoms with Crippen LogP contribution in [-0.4, -0.2) is 20.4 Å². The van der Waals surface area contributed by atoms with Crippen molar-refractivity contribution in [1.82, 2.24) is 13.7 Å². The summed E-state index contributed by atoms with van der Waals surface area (Å²) in [6.45, 7) is 13.9. The van der Waals surface area contributed by atoms with E-state index < -0.39 is 0 Å². The number of aromatic nitrogens is 3. The predicted octanol–water partition coefficient (Wildman–Crippen LogP) is 24.1. The summed E-state index contributed by atoms with van der Waals surface area (Å²) in [6.07, 6.45) is 0. The van der Waals surface area contributed by atoms with E-state index in [0.29, 0.717) is 0 Å². The lowest BCUT2D eigenvalue weighted by Gasteiger charge is -2.35. The first kappa shape index (κ1) is 59.8. The second-order valence-corrected chi connectivity index (χ2v) is 30.4. The third kappa shape index (κ3) is 9.35. The average molecular weight is 1300 g/mol.